The molecule has 0 radical (unpaired) electrons. The van der Waals surface area contributed by atoms with Gasteiger partial charge in [0.05, 0.1) is 18.4 Å². The van der Waals surface area contributed by atoms with Crippen LogP contribution in [0, 0.1) is 5.82 Å². The summed E-state index contributed by atoms with van der Waals surface area (Å²) in [5.74, 6) is 0.265. The van der Waals surface area contributed by atoms with Gasteiger partial charge in [-0.2, -0.15) is 0 Å². The van der Waals surface area contributed by atoms with Crippen LogP contribution in [0.1, 0.15) is 5.56 Å². The fourth-order valence-electron chi connectivity index (χ4n) is 2.39. The molecule has 0 aliphatic carbocycles. The van der Waals surface area contributed by atoms with Gasteiger partial charge in [0.2, 0.25) is 5.91 Å². The van der Waals surface area contributed by atoms with Crippen LogP contribution in [0.5, 0.6) is 5.75 Å². The van der Waals surface area contributed by atoms with Crippen LogP contribution in [0.25, 0.3) is 10.2 Å². The van der Waals surface area contributed by atoms with E-state index in [9.17, 15) is 9.18 Å². The van der Waals surface area contributed by atoms with Gasteiger partial charge in [0.15, 0.2) is 5.13 Å². The number of aromatic nitrogens is 1. The van der Waals surface area contributed by atoms with Gasteiger partial charge in [-0.25, -0.2) is 9.37 Å². The highest BCUT2D eigenvalue weighted by atomic mass is 32.1. The van der Waals surface area contributed by atoms with E-state index in [-0.39, 0.29) is 18.3 Å². The predicted octanol–water partition coefficient (Wildman–Crippen LogP) is 3.20. The molecule has 2 aromatic carbocycles. The van der Waals surface area contributed by atoms with Crippen molar-refractivity contribution in [3.63, 3.8) is 0 Å². The van der Waals surface area contributed by atoms with Gasteiger partial charge in [0.25, 0.3) is 0 Å². The molecule has 0 unspecified atom stereocenters. The van der Waals surface area contributed by atoms with Gasteiger partial charge in [0, 0.05) is 13.6 Å². The molecule has 7 heteroatoms. The summed E-state index contributed by atoms with van der Waals surface area (Å²) in [6.07, 6.45) is 0. The maximum atomic E-state index is 13.7. The third-order valence-electron chi connectivity index (χ3n) is 3.69. The van der Waals surface area contributed by atoms with Gasteiger partial charge < -0.3 is 15.0 Å². The second-order valence-electron chi connectivity index (χ2n) is 5.57. The molecular weight excluding hydrogens is 341 g/mol. The Balaban J connectivity index is 1.60. The number of hydrogen-bond acceptors (Lipinski definition) is 5. The number of carbonyl (C=O) groups is 1. The predicted molar refractivity (Wildman–Crippen MR) is 97.7 cm³/mol. The highest BCUT2D eigenvalue weighted by Gasteiger charge is 2.13. The minimum absolute atomic E-state index is 0.134. The monoisotopic (exact) mass is 359 g/mol. The number of nitrogens with zero attached hydrogens (tertiary/aromatic N) is 2. The summed E-state index contributed by atoms with van der Waals surface area (Å²) in [7, 11) is 3.37. The molecule has 0 saturated heterocycles. The minimum atomic E-state index is -0.351. The Morgan fingerprint density at radius 1 is 1.32 bits per heavy atom. The molecule has 0 saturated carbocycles. The number of para-hydroxylation sites is 1. The first-order chi connectivity index (χ1) is 12.1. The number of halogens is 1. The Kier molecular flexibility index (Phi) is 5.14. The van der Waals surface area contributed by atoms with Gasteiger partial charge in [0.1, 0.15) is 17.1 Å². The summed E-state index contributed by atoms with van der Waals surface area (Å²) in [6, 6.07) is 12.4. The molecule has 1 amide bonds. The molecule has 3 aromatic rings. The summed E-state index contributed by atoms with van der Waals surface area (Å²) >= 11 is 1.36. The Morgan fingerprint density at radius 3 is 2.88 bits per heavy atom. The number of thiazole rings is 1. The lowest BCUT2D eigenvalue weighted by atomic mass is 10.2. The van der Waals surface area contributed by atoms with E-state index < -0.39 is 0 Å². The average Bonchev–Trinajstić information content (AvgIpc) is 3.06. The molecule has 0 aliphatic heterocycles. The second-order valence-corrected chi connectivity index (χ2v) is 6.58. The van der Waals surface area contributed by atoms with E-state index in [2.05, 4.69) is 10.3 Å². The zero-order chi connectivity index (χ0) is 17.8. The number of fused-ring (bicyclic) bond motifs is 1. The van der Waals surface area contributed by atoms with Crippen LogP contribution in [0.4, 0.5) is 9.52 Å². The maximum Gasteiger partial charge on any atom is 0.239 e. The number of likely N-dealkylation sites (N-methyl/N-ethyl adjacent to an activating group) is 1. The van der Waals surface area contributed by atoms with Crippen LogP contribution in [-0.4, -0.2) is 31.6 Å². The molecule has 1 N–H and O–H groups in total. The number of carbonyl (C=O) groups excluding carboxylic acids is 1. The van der Waals surface area contributed by atoms with Crippen molar-refractivity contribution >= 4 is 32.6 Å². The fraction of sp³-hybridized carbons (Fsp3) is 0.222. The molecule has 130 valence electrons. The first-order valence-corrected chi connectivity index (χ1v) is 8.54. The Labute approximate surface area is 149 Å². The molecule has 0 atom stereocenters. The maximum absolute atomic E-state index is 13.7. The Hall–Kier alpha value is -2.67. The van der Waals surface area contributed by atoms with Crippen molar-refractivity contribution in [2.24, 2.45) is 0 Å². The second kappa shape index (κ2) is 7.48. The minimum Gasteiger partial charge on any atom is -0.497 e. The van der Waals surface area contributed by atoms with Crippen LogP contribution in [0.3, 0.4) is 0 Å². The molecular formula is C18H18FN3O2S. The third-order valence-corrected chi connectivity index (χ3v) is 4.82. The van der Waals surface area contributed by atoms with E-state index in [4.69, 9.17) is 4.74 Å². The molecule has 25 heavy (non-hydrogen) atoms. The highest BCUT2D eigenvalue weighted by Crippen LogP contribution is 2.29. The normalized spacial score (nSPS) is 10.7. The number of nitrogens with one attached hydrogen (secondary N) is 1. The first-order valence-electron chi connectivity index (χ1n) is 7.72. The van der Waals surface area contributed by atoms with Crippen LogP contribution in [0.2, 0.25) is 0 Å². The van der Waals surface area contributed by atoms with Gasteiger partial charge in [-0.15, -0.1) is 0 Å². The molecule has 3 rings (SSSR count). The lowest BCUT2D eigenvalue weighted by Crippen LogP contribution is -2.34. The van der Waals surface area contributed by atoms with Crippen molar-refractivity contribution in [1.82, 2.24) is 10.3 Å². The van der Waals surface area contributed by atoms with Gasteiger partial charge >= 0.3 is 0 Å². The number of methoxy groups -OCH3 is 1. The first kappa shape index (κ1) is 17.2. The molecule has 1 heterocycles. The SMILES string of the molecule is COc1cccc(CNC(=O)CN(C)c2nc3c(F)cccc3s2)c1. The van der Waals surface area contributed by atoms with E-state index in [0.717, 1.165) is 16.0 Å². The topological polar surface area (TPSA) is 54.5 Å². The van der Waals surface area contributed by atoms with Gasteiger partial charge in [-0.05, 0) is 29.8 Å². The molecule has 0 spiro atoms. The standard InChI is InChI=1S/C18H18FN3O2S/c1-22(18-21-17-14(19)7-4-8-15(17)25-18)11-16(23)20-10-12-5-3-6-13(9-12)24-2/h3-9H,10-11H2,1-2H3,(H,20,23). The lowest BCUT2D eigenvalue weighted by molar-refractivity contribution is -0.119. The summed E-state index contributed by atoms with van der Waals surface area (Å²) < 4.78 is 19.7. The summed E-state index contributed by atoms with van der Waals surface area (Å²) in [6.45, 7) is 0.559. The molecule has 0 bridgehead atoms. The number of anilines is 1. The quantitative estimate of drug-likeness (QED) is 0.734. The van der Waals surface area contributed by atoms with E-state index in [1.54, 1.807) is 25.1 Å². The van der Waals surface area contributed by atoms with Crippen LogP contribution in [0.15, 0.2) is 42.5 Å². The van der Waals surface area contributed by atoms with Gasteiger partial charge in [-0.1, -0.05) is 29.5 Å². The van der Waals surface area contributed by atoms with Crippen molar-refractivity contribution in [3.05, 3.63) is 53.8 Å². The number of amides is 1. The Bertz CT molecular complexity index is 897. The number of hydrogen-bond donors (Lipinski definition) is 1. The number of rotatable bonds is 6. The largest absolute Gasteiger partial charge is 0.497 e. The smallest absolute Gasteiger partial charge is 0.239 e. The van der Waals surface area contributed by atoms with E-state index >= 15 is 0 Å². The van der Waals surface area contributed by atoms with Crippen molar-refractivity contribution in [1.29, 1.82) is 0 Å². The van der Waals surface area contributed by atoms with E-state index in [1.807, 2.05) is 30.3 Å². The van der Waals surface area contributed by atoms with Gasteiger partial charge in [-0.3, -0.25) is 4.79 Å². The van der Waals surface area contributed by atoms with Crippen molar-refractivity contribution in [3.8, 4) is 5.75 Å². The lowest BCUT2D eigenvalue weighted by Gasteiger charge is -2.15. The zero-order valence-corrected chi connectivity index (χ0v) is 14.8. The van der Waals surface area contributed by atoms with Crippen LogP contribution in [-0.2, 0) is 11.3 Å². The molecule has 5 nitrogen and oxygen atoms in total. The van der Waals surface area contributed by atoms with Crippen LogP contribution < -0.4 is 15.0 Å². The van der Waals surface area contributed by atoms with Crippen molar-refractivity contribution in [2.45, 2.75) is 6.54 Å². The Morgan fingerprint density at radius 2 is 2.12 bits per heavy atom. The van der Waals surface area contributed by atoms with E-state index in [1.165, 1.54) is 17.4 Å². The summed E-state index contributed by atoms with van der Waals surface area (Å²) in [4.78, 5) is 18.1. The highest BCUT2D eigenvalue weighted by molar-refractivity contribution is 7.22. The van der Waals surface area contributed by atoms with Crippen LogP contribution >= 0.6 is 11.3 Å². The van der Waals surface area contributed by atoms with Crippen molar-refractivity contribution < 1.29 is 13.9 Å². The van der Waals surface area contributed by atoms with E-state index in [0.29, 0.717) is 17.2 Å². The fourth-order valence-corrected chi connectivity index (χ4v) is 3.33. The molecule has 0 aliphatic rings. The summed E-state index contributed by atoms with van der Waals surface area (Å²) in [5, 5.41) is 3.47. The number of benzene rings is 2. The third kappa shape index (κ3) is 4.06. The number of ether oxygens (including phenoxy) is 1. The summed E-state index contributed by atoms with van der Waals surface area (Å²) in [5.41, 5.74) is 1.29. The average molecular weight is 359 g/mol. The molecule has 0 fully saturated rings. The van der Waals surface area contributed by atoms with Crippen molar-refractivity contribution in [2.75, 3.05) is 25.6 Å². The zero-order valence-electron chi connectivity index (χ0n) is 14.0. The molecule has 1 aromatic heterocycles.